The third-order valence-corrected chi connectivity index (χ3v) is 2.66. The maximum absolute atomic E-state index is 5.50. The SMILES string of the molecule is C=CCC(Cc1cc(C)ccc1C)NN. The van der Waals surface area contributed by atoms with Crippen LogP contribution in [0.2, 0.25) is 0 Å². The van der Waals surface area contributed by atoms with E-state index in [1.54, 1.807) is 0 Å². The molecule has 1 unspecified atom stereocenters. The van der Waals surface area contributed by atoms with Gasteiger partial charge in [-0.15, -0.1) is 6.58 Å². The molecule has 1 aromatic carbocycles. The van der Waals surface area contributed by atoms with Crippen molar-refractivity contribution in [3.05, 3.63) is 47.5 Å². The minimum Gasteiger partial charge on any atom is -0.271 e. The molecule has 3 N–H and O–H groups in total. The molecule has 0 bridgehead atoms. The summed E-state index contributed by atoms with van der Waals surface area (Å²) >= 11 is 0. The zero-order valence-corrected chi connectivity index (χ0v) is 9.59. The van der Waals surface area contributed by atoms with Gasteiger partial charge in [0.15, 0.2) is 0 Å². The summed E-state index contributed by atoms with van der Waals surface area (Å²) in [7, 11) is 0. The Bertz CT molecular complexity index is 331. The van der Waals surface area contributed by atoms with Crippen molar-refractivity contribution in [3.63, 3.8) is 0 Å². The van der Waals surface area contributed by atoms with Crippen molar-refractivity contribution in [2.45, 2.75) is 32.7 Å². The van der Waals surface area contributed by atoms with Crippen LogP contribution in [0.1, 0.15) is 23.1 Å². The minimum absolute atomic E-state index is 0.281. The summed E-state index contributed by atoms with van der Waals surface area (Å²) in [4.78, 5) is 0. The van der Waals surface area contributed by atoms with E-state index in [-0.39, 0.29) is 6.04 Å². The molecule has 15 heavy (non-hydrogen) atoms. The normalized spacial score (nSPS) is 12.5. The first kappa shape index (κ1) is 12.0. The lowest BCUT2D eigenvalue weighted by Crippen LogP contribution is -2.36. The molecule has 0 heterocycles. The van der Waals surface area contributed by atoms with Gasteiger partial charge in [-0.1, -0.05) is 29.8 Å². The molecule has 0 radical (unpaired) electrons. The third kappa shape index (κ3) is 3.50. The van der Waals surface area contributed by atoms with Crippen molar-refractivity contribution in [1.82, 2.24) is 5.43 Å². The number of rotatable bonds is 5. The molecular formula is C13H20N2. The highest BCUT2D eigenvalue weighted by molar-refractivity contribution is 5.31. The Balaban J connectivity index is 2.77. The van der Waals surface area contributed by atoms with Crippen molar-refractivity contribution in [2.24, 2.45) is 5.84 Å². The Labute approximate surface area is 92.2 Å². The van der Waals surface area contributed by atoms with E-state index in [9.17, 15) is 0 Å². The van der Waals surface area contributed by atoms with E-state index < -0.39 is 0 Å². The van der Waals surface area contributed by atoms with Crippen molar-refractivity contribution < 1.29 is 0 Å². The minimum atomic E-state index is 0.281. The van der Waals surface area contributed by atoms with E-state index in [4.69, 9.17) is 5.84 Å². The van der Waals surface area contributed by atoms with Gasteiger partial charge in [0.2, 0.25) is 0 Å². The van der Waals surface area contributed by atoms with Gasteiger partial charge in [-0.3, -0.25) is 11.3 Å². The van der Waals surface area contributed by atoms with Gasteiger partial charge in [-0.05, 0) is 37.8 Å². The van der Waals surface area contributed by atoms with Gasteiger partial charge in [-0.2, -0.15) is 0 Å². The molecule has 0 saturated heterocycles. The van der Waals surface area contributed by atoms with E-state index >= 15 is 0 Å². The fraction of sp³-hybridized carbons (Fsp3) is 0.385. The Hall–Kier alpha value is -1.12. The second-order valence-corrected chi connectivity index (χ2v) is 4.02. The summed E-state index contributed by atoms with van der Waals surface area (Å²) in [6, 6.07) is 6.80. The van der Waals surface area contributed by atoms with E-state index in [1.807, 2.05) is 6.08 Å². The molecule has 0 saturated carbocycles. The maximum atomic E-state index is 5.50. The summed E-state index contributed by atoms with van der Waals surface area (Å²) in [5, 5.41) is 0. The van der Waals surface area contributed by atoms with Crippen molar-refractivity contribution in [2.75, 3.05) is 0 Å². The van der Waals surface area contributed by atoms with Crippen LogP contribution in [0.25, 0.3) is 0 Å². The summed E-state index contributed by atoms with van der Waals surface area (Å²) in [6.07, 6.45) is 3.75. The van der Waals surface area contributed by atoms with Crippen molar-refractivity contribution in [3.8, 4) is 0 Å². The van der Waals surface area contributed by atoms with Crippen LogP contribution in [0.4, 0.5) is 0 Å². The van der Waals surface area contributed by atoms with Crippen LogP contribution < -0.4 is 11.3 Å². The van der Waals surface area contributed by atoms with E-state index in [0.29, 0.717) is 0 Å². The molecule has 0 fully saturated rings. The first-order valence-electron chi connectivity index (χ1n) is 5.30. The van der Waals surface area contributed by atoms with Crippen LogP contribution in [0.3, 0.4) is 0 Å². The number of nitrogens with two attached hydrogens (primary N) is 1. The second kappa shape index (κ2) is 5.69. The monoisotopic (exact) mass is 204 g/mol. The van der Waals surface area contributed by atoms with Crippen LogP contribution in [-0.2, 0) is 6.42 Å². The Morgan fingerprint density at radius 2 is 2.20 bits per heavy atom. The molecule has 0 aliphatic heterocycles. The molecule has 1 aromatic rings. The average molecular weight is 204 g/mol. The molecule has 82 valence electrons. The second-order valence-electron chi connectivity index (χ2n) is 4.02. The number of hydrazine groups is 1. The van der Waals surface area contributed by atoms with Gasteiger partial charge in [0.1, 0.15) is 0 Å². The molecule has 1 rings (SSSR count). The molecule has 0 aromatic heterocycles. The van der Waals surface area contributed by atoms with Gasteiger partial charge < -0.3 is 0 Å². The third-order valence-electron chi connectivity index (χ3n) is 2.66. The number of hydrogen-bond donors (Lipinski definition) is 2. The highest BCUT2D eigenvalue weighted by Gasteiger charge is 2.07. The Morgan fingerprint density at radius 3 is 2.80 bits per heavy atom. The standard InChI is InChI=1S/C13H20N2/c1-4-5-13(15-14)9-12-8-10(2)6-7-11(12)3/h4,6-8,13,15H,1,5,9,14H2,2-3H3. The van der Waals surface area contributed by atoms with Gasteiger partial charge in [0.05, 0.1) is 0 Å². The average Bonchev–Trinajstić information content (AvgIpc) is 2.22. The number of aryl methyl sites for hydroxylation is 2. The fourth-order valence-electron chi connectivity index (χ4n) is 1.70. The van der Waals surface area contributed by atoms with Crippen LogP contribution >= 0.6 is 0 Å². The highest BCUT2D eigenvalue weighted by atomic mass is 15.2. The zero-order valence-electron chi connectivity index (χ0n) is 9.59. The van der Waals surface area contributed by atoms with Crippen LogP contribution in [0.15, 0.2) is 30.9 Å². The van der Waals surface area contributed by atoms with Crippen LogP contribution in [-0.4, -0.2) is 6.04 Å². The molecule has 1 atom stereocenters. The van der Waals surface area contributed by atoms with E-state index in [2.05, 4.69) is 44.1 Å². The lowest BCUT2D eigenvalue weighted by Gasteiger charge is -2.15. The van der Waals surface area contributed by atoms with Gasteiger partial charge >= 0.3 is 0 Å². The summed E-state index contributed by atoms with van der Waals surface area (Å²) < 4.78 is 0. The molecule has 0 amide bonds. The predicted octanol–water partition coefficient (Wildman–Crippen LogP) is 2.25. The summed E-state index contributed by atoms with van der Waals surface area (Å²) in [5.74, 6) is 5.50. The van der Waals surface area contributed by atoms with Crippen molar-refractivity contribution in [1.29, 1.82) is 0 Å². The largest absolute Gasteiger partial charge is 0.271 e. The molecule has 2 nitrogen and oxygen atoms in total. The van der Waals surface area contributed by atoms with Gasteiger partial charge in [0, 0.05) is 6.04 Å². The summed E-state index contributed by atoms with van der Waals surface area (Å²) in [5.41, 5.74) is 6.81. The predicted molar refractivity (Wildman–Crippen MR) is 65.5 cm³/mol. The molecule has 0 spiro atoms. The quantitative estimate of drug-likeness (QED) is 0.438. The number of benzene rings is 1. The smallest absolute Gasteiger partial charge is 0.0285 e. The molecular weight excluding hydrogens is 184 g/mol. The molecule has 0 aliphatic carbocycles. The first-order valence-corrected chi connectivity index (χ1v) is 5.30. The Morgan fingerprint density at radius 1 is 1.47 bits per heavy atom. The lowest BCUT2D eigenvalue weighted by atomic mass is 9.98. The molecule has 0 aliphatic rings. The van der Waals surface area contributed by atoms with Gasteiger partial charge in [-0.25, -0.2) is 0 Å². The Kier molecular flexibility index (Phi) is 4.53. The van der Waals surface area contributed by atoms with Crippen LogP contribution in [0, 0.1) is 13.8 Å². The first-order chi connectivity index (χ1) is 7.17. The van der Waals surface area contributed by atoms with E-state index in [0.717, 1.165) is 12.8 Å². The molecule has 2 heteroatoms. The summed E-state index contributed by atoms with van der Waals surface area (Å²) in [6.45, 7) is 7.98. The van der Waals surface area contributed by atoms with Crippen molar-refractivity contribution >= 4 is 0 Å². The zero-order chi connectivity index (χ0) is 11.3. The van der Waals surface area contributed by atoms with Gasteiger partial charge in [0.25, 0.3) is 0 Å². The number of nitrogens with one attached hydrogen (secondary N) is 1. The van der Waals surface area contributed by atoms with Crippen LogP contribution in [0.5, 0.6) is 0 Å². The fourth-order valence-corrected chi connectivity index (χ4v) is 1.70. The topological polar surface area (TPSA) is 38.0 Å². The lowest BCUT2D eigenvalue weighted by molar-refractivity contribution is 0.530. The number of hydrogen-bond acceptors (Lipinski definition) is 2. The maximum Gasteiger partial charge on any atom is 0.0285 e. The van der Waals surface area contributed by atoms with E-state index in [1.165, 1.54) is 16.7 Å². The highest BCUT2D eigenvalue weighted by Crippen LogP contribution is 2.13.